The molecule has 2 heterocycles. The standard InChI is InChI=1S/C16H22N2O/c1-17-5-6-18-10-11-3-2-4-14(11)15-8-13(19)7-12(9-17)16(15)18/h7-8,11,14,19H,2-6,9-10H2,1H3. The van der Waals surface area contributed by atoms with E-state index in [1.165, 1.54) is 42.6 Å². The van der Waals surface area contributed by atoms with Crippen LogP contribution in [0, 0.1) is 5.92 Å². The summed E-state index contributed by atoms with van der Waals surface area (Å²) >= 11 is 0. The van der Waals surface area contributed by atoms with Gasteiger partial charge in [-0.05, 0) is 55.0 Å². The van der Waals surface area contributed by atoms with Gasteiger partial charge < -0.3 is 14.9 Å². The number of phenolic OH excluding ortho intramolecular Hbond substituents is 1. The largest absolute Gasteiger partial charge is 0.508 e. The Kier molecular flexibility index (Phi) is 2.52. The third-order valence-corrected chi connectivity index (χ3v) is 5.22. The molecule has 1 aliphatic carbocycles. The minimum Gasteiger partial charge on any atom is -0.508 e. The SMILES string of the molecule is CN1CCN2CC3CCCC3c3cc(O)cc(c32)C1. The zero-order chi connectivity index (χ0) is 13.0. The van der Waals surface area contributed by atoms with Crippen LogP contribution in [0.5, 0.6) is 5.75 Å². The molecule has 0 amide bonds. The maximum absolute atomic E-state index is 10.1. The van der Waals surface area contributed by atoms with Gasteiger partial charge in [-0.3, -0.25) is 0 Å². The Morgan fingerprint density at radius 1 is 1.21 bits per heavy atom. The van der Waals surface area contributed by atoms with Crippen LogP contribution in [0.2, 0.25) is 0 Å². The highest BCUT2D eigenvalue weighted by atomic mass is 16.3. The van der Waals surface area contributed by atoms with E-state index in [4.69, 9.17) is 0 Å². The highest BCUT2D eigenvalue weighted by Crippen LogP contribution is 2.50. The van der Waals surface area contributed by atoms with Crippen LogP contribution in [0.3, 0.4) is 0 Å². The van der Waals surface area contributed by atoms with Crippen LogP contribution in [-0.2, 0) is 6.54 Å². The predicted octanol–water partition coefficient (Wildman–Crippen LogP) is 2.54. The Balaban J connectivity index is 1.89. The smallest absolute Gasteiger partial charge is 0.116 e. The van der Waals surface area contributed by atoms with Crippen molar-refractivity contribution in [2.45, 2.75) is 31.7 Å². The van der Waals surface area contributed by atoms with Crippen LogP contribution >= 0.6 is 0 Å². The lowest BCUT2D eigenvalue weighted by atomic mass is 9.82. The summed E-state index contributed by atoms with van der Waals surface area (Å²) in [5.41, 5.74) is 4.20. The first-order chi connectivity index (χ1) is 9.22. The number of anilines is 1. The lowest BCUT2D eigenvalue weighted by molar-refractivity contribution is 0.338. The van der Waals surface area contributed by atoms with E-state index in [2.05, 4.69) is 16.8 Å². The molecule has 1 aromatic carbocycles. The molecular weight excluding hydrogens is 236 g/mol. The van der Waals surface area contributed by atoms with E-state index in [1.54, 1.807) is 0 Å². The second-order valence-corrected chi connectivity index (χ2v) is 6.52. The third kappa shape index (κ3) is 1.75. The van der Waals surface area contributed by atoms with E-state index in [1.807, 2.05) is 12.1 Å². The molecule has 2 atom stereocenters. The number of aromatic hydroxyl groups is 1. The molecule has 0 spiro atoms. The molecule has 2 aliphatic heterocycles. The number of hydrogen-bond acceptors (Lipinski definition) is 3. The Bertz CT molecular complexity index is 514. The Morgan fingerprint density at radius 2 is 2.11 bits per heavy atom. The fourth-order valence-electron chi connectivity index (χ4n) is 4.39. The molecule has 2 unspecified atom stereocenters. The highest BCUT2D eigenvalue weighted by molar-refractivity contribution is 5.66. The van der Waals surface area contributed by atoms with Gasteiger partial charge in [-0.1, -0.05) is 6.42 Å². The molecule has 0 saturated heterocycles. The zero-order valence-electron chi connectivity index (χ0n) is 11.6. The lowest BCUT2D eigenvalue weighted by Crippen LogP contribution is -2.38. The molecule has 1 N–H and O–H groups in total. The summed E-state index contributed by atoms with van der Waals surface area (Å²) in [5.74, 6) is 1.96. The van der Waals surface area contributed by atoms with Crippen LogP contribution in [0.4, 0.5) is 5.69 Å². The van der Waals surface area contributed by atoms with Gasteiger partial charge in [0.15, 0.2) is 0 Å². The van der Waals surface area contributed by atoms with Gasteiger partial charge in [0.1, 0.15) is 5.75 Å². The maximum Gasteiger partial charge on any atom is 0.116 e. The minimum atomic E-state index is 0.455. The topological polar surface area (TPSA) is 26.7 Å². The first-order valence-electron chi connectivity index (χ1n) is 7.51. The summed E-state index contributed by atoms with van der Waals surface area (Å²) in [6, 6.07) is 4.02. The van der Waals surface area contributed by atoms with Gasteiger partial charge in [0.05, 0.1) is 0 Å². The second-order valence-electron chi connectivity index (χ2n) is 6.52. The van der Waals surface area contributed by atoms with E-state index in [9.17, 15) is 5.11 Å². The quantitative estimate of drug-likeness (QED) is 0.774. The maximum atomic E-state index is 10.1. The number of nitrogens with zero attached hydrogens (tertiary/aromatic N) is 2. The molecule has 3 nitrogen and oxygen atoms in total. The van der Waals surface area contributed by atoms with E-state index in [-0.39, 0.29) is 0 Å². The highest BCUT2D eigenvalue weighted by Gasteiger charge is 2.38. The fraction of sp³-hybridized carbons (Fsp3) is 0.625. The molecule has 0 bridgehead atoms. The number of phenols is 1. The van der Waals surface area contributed by atoms with Gasteiger partial charge in [0, 0.05) is 31.9 Å². The van der Waals surface area contributed by atoms with Crippen molar-refractivity contribution in [1.82, 2.24) is 4.90 Å². The molecule has 0 radical (unpaired) electrons. The first-order valence-corrected chi connectivity index (χ1v) is 7.51. The van der Waals surface area contributed by atoms with Crippen LogP contribution in [-0.4, -0.2) is 36.7 Å². The summed E-state index contributed by atoms with van der Waals surface area (Å²) < 4.78 is 0. The van der Waals surface area contributed by atoms with Crippen molar-refractivity contribution < 1.29 is 5.11 Å². The normalized spacial score (nSPS) is 29.8. The van der Waals surface area contributed by atoms with Gasteiger partial charge in [-0.15, -0.1) is 0 Å². The number of benzene rings is 1. The summed E-state index contributed by atoms with van der Waals surface area (Å²) in [4.78, 5) is 4.95. The average Bonchev–Trinajstić information content (AvgIpc) is 2.77. The summed E-state index contributed by atoms with van der Waals surface area (Å²) in [6.07, 6.45) is 4.03. The van der Waals surface area contributed by atoms with E-state index >= 15 is 0 Å². The Labute approximate surface area is 114 Å². The van der Waals surface area contributed by atoms with Crippen molar-refractivity contribution in [3.05, 3.63) is 23.3 Å². The molecule has 4 rings (SSSR count). The Morgan fingerprint density at radius 3 is 3.00 bits per heavy atom. The van der Waals surface area contributed by atoms with Gasteiger partial charge in [0.25, 0.3) is 0 Å². The summed E-state index contributed by atoms with van der Waals surface area (Å²) in [6.45, 7) is 4.44. The van der Waals surface area contributed by atoms with E-state index in [0.717, 1.165) is 25.6 Å². The van der Waals surface area contributed by atoms with Crippen LogP contribution in [0.1, 0.15) is 36.3 Å². The number of likely N-dealkylation sites (N-methyl/N-ethyl adjacent to an activating group) is 1. The molecule has 1 fully saturated rings. The summed E-state index contributed by atoms with van der Waals surface area (Å²) in [5, 5.41) is 10.1. The van der Waals surface area contributed by atoms with Crippen LogP contribution < -0.4 is 4.90 Å². The van der Waals surface area contributed by atoms with Crippen LogP contribution in [0.25, 0.3) is 0 Å². The van der Waals surface area contributed by atoms with Gasteiger partial charge in [-0.25, -0.2) is 0 Å². The Hall–Kier alpha value is -1.22. The molecule has 102 valence electrons. The number of fused-ring (bicyclic) bond motifs is 2. The molecule has 1 aromatic rings. The van der Waals surface area contributed by atoms with Crippen molar-refractivity contribution >= 4 is 5.69 Å². The van der Waals surface area contributed by atoms with Crippen LogP contribution in [0.15, 0.2) is 12.1 Å². The molecule has 1 saturated carbocycles. The third-order valence-electron chi connectivity index (χ3n) is 5.22. The second kappa shape index (κ2) is 4.14. The summed E-state index contributed by atoms with van der Waals surface area (Å²) in [7, 11) is 2.18. The first kappa shape index (κ1) is 11.6. The van der Waals surface area contributed by atoms with Gasteiger partial charge in [0.2, 0.25) is 0 Å². The monoisotopic (exact) mass is 258 g/mol. The molecule has 0 aromatic heterocycles. The van der Waals surface area contributed by atoms with Gasteiger partial charge >= 0.3 is 0 Å². The average molecular weight is 258 g/mol. The minimum absolute atomic E-state index is 0.455. The zero-order valence-corrected chi connectivity index (χ0v) is 11.6. The molecule has 19 heavy (non-hydrogen) atoms. The van der Waals surface area contributed by atoms with E-state index in [0.29, 0.717) is 11.7 Å². The van der Waals surface area contributed by atoms with Crippen molar-refractivity contribution in [3.8, 4) is 5.75 Å². The van der Waals surface area contributed by atoms with Crippen molar-refractivity contribution in [3.63, 3.8) is 0 Å². The van der Waals surface area contributed by atoms with Crippen molar-refractivity contribution in [1.29, 1.82) is 0 Å². The predicted molar refractivity (Wildman–Crippen MR) is 76.7 cm³/mol. The van der Waals surface area contributed by atoms with Crippen molar-refractivity contribution in [2.24, 2.45) is 5.92 Å². The molecule has 3 heteroatoms. The van der Waals surface area contributed by atoms with Gasteiger partial charge in [-0.2, -0.15) is 0 Å². The van der Waals surface area contributed by atoms with E-state index < -0.39 is 0 Å². The lowest BCUT2D eigenvalue weighted by Gasteiger charge is -2.39. The number of hydrogen-bond donors (Lipinski definition) is 1. The molecular formula is C16H22N2O. The molecule has 3 aliphatic rings. The van der Waals surface area contributed by atoms with Crippen molar-refractivity contribution in [2.75, 3.05) is 31.6 Å². The number of rotatable bonds is 0. The fourth-order valence-corrected chi connectivity index (χ4v) is 4.39.